The van der Waals surface area contributed by atoms with E-state index in [-0.39, 0.29) is 11.3 Å². The Morgan fingerprint density at radius 3 is 2.55 bits per heavy atom. The molecule has 1 unspecified atom stereocenters. The van der Waals surface area contributed by atoms with E-state index in [2.05, 4.69) is 0 Å². The van der Waals surface area contributed by atoms with Gasteiger partial charge in [-0.2, -0.15) is 0 Å². The van der Waals surface area contributed by atoms with Crippen LogP contribution in [-0.4, -0.2) is 31.9 Å². The van der Waals surface area contributed by atoms with Gasteiger partial charge in [0.2, 0.25) is 17.1 Å². The molecule has 1 aliphatic heterocycles. The van der Waals surface area contributed by atoms with Gasteiger partial charge < -0.3 is 14.2 Å². The standard InChI is InChI=1S/C16H12O6/c1-20-13-12(14(18)21-2)16(22-15(13)19)10-6-4-3-5-9(10)7-8-11(16)17/h3-8H,1-2H3. The summed E-state index contributed by atoms with van der Waals surface area (Å²) in [6, 6.07) is 6.86. The first kappa shape index (κ1) is 14.1. The van der Waals surface area contributed by atoms with Crippen molar-refractivity contribution >= 4 is 23.8 Å². The number of methoxy groups -OCH3 is 2. The summed E-state index contributed by atoms with van der Waals surface area (Å²) >= 11 is 0. The molecular formula is C16H12O6. The zero-order valence-electron chi connectivity index (χ0n) is 11.9. The van der Waals surface area contributed by atoms with Gasteiger partial charge in [0.15, 0.2) is 0 Å². The highest BCUT2D eigenvalue weighted by molar-refractivity contribution is 6.17. The van der Waals surface area contributed by atoms with Crippen LogP contribution in [0.2, 0.25) is 0 Å². The number of carbonyl (C=O) groups is 3. The van der Waals surface area contributed by atoms with E-state index in [1.165, 1.54) is 13.2 Å². The second kappa shape index (κ2) is 4.84. The fourth-order valence-electron chi connectivity index (χ4n) is 2.76. The summed E-state index contributed by atoms with van der Waals surface area (Å²) in [5.41, 5.74) is -0.998. The van der Waals surface area contributed by atoms with Gasteiger partial charge in [-0.05, 0) is 11.6 Å². The van der Waals surface area contributed by atoms with E-state index in [1.54, 1.807) is 30.3 Å². The number of hydrogen-bond donors (Lipinski definition) is 0. The lowest BCUT2D eigenvalue weighted by molar-refractivity contribution is -0.158. The molecule has 1 spiro atoms. The monoisotopic (exact) mass is 300 g/mol. The van der Waals surface area contributed by atoms with E-state index in [4.69, 9.17) is 14.2 Å². The van der Waals surface area contributed by atoms with Gasteiger partial charge in [-0.3, -0.25) is 4.79 Å². The highest BCUT2D eigenvalue weighted by Crippen LogP contribution is 2.46. The minimum atomic E-state index is -1.85. The van der Waals surface area contributed by atoms with Crippen molar-refractivity contribution < 1.29 is 28.6 Å². The summed E-state index contributed by atoms with van der Waals surface area (Å²) in [7, 11) is 2.39. The number of rotatable bonds is 2. The first-order valence-electron chi connectivity index (χ1n) is 6.48. The highest BCUT2D eigenvalue weighted by atomic mass is 16.6. The van der Waals surface area contributed by atoms with Crippen molar-refractivity contribution in [3.63, 3.8) is 0 Å². The molecule has 0 amide bonds. The zero-order valence-corrected chi connectivity index (χ0v) is 11.9. The Morgan fingerprint density at radius 1 is 1.14 bits per heavy atom. The van der Waals surface area contributed by atoms with Crippen LogP contribution in [0.15, 0.2) is 41.7 Å². The topological polar surface area (TPSA) is 78.9 Å². The Morgan fingerprint density at radius 2 is 1.86 bits per heavy atom. The third kappa shape index (κ3) is 1.64. The Kier molecular flexibility index (Phi) is 3.09. The third-order valence-electron chi connectivity index (χ3n) is 3.71. The van der Waals surface area contributed by atoms with Crippen LogP contribution in [-0.2, 0) is 34.2 Å². The van der Waals surface area contributed by atoms with Crippen molar-refractivity contribution in [1.29, 1.82) is 0 Å². The normalized spacial score (nSPS) is 22.6. The van der Waals surface area contributed by atoms with Crippen molar-refractivity contribution in [3.8, 4) is 0 Å². The third-order valence-corrected chi connectivity index (χ3v) is 3.71. The Labute approximate surface area is 126 Å². The molecule has 0 saturated heterocycles. The molecule has 1 heterocycles. The molecular weight excluding hydrogens is 288 g/mol. The SMILES string of the molecule is COC(=O)C1=C(OC)C(=O)OC12C(=O)C=Cc1ccccc12. The lowest BCUT2D eigenvalue weighted by atomic mass is 9.77. The first-order chi connectivity index (χ1) is 10.6. The molecule has 0 N–H and O–H groups in total. The number of benzene rings is 1. The van der Waals surface area contributed by atoms with Crippen LogP contribution in [0.25, 0.3) is 6.08 Å². The second-order valence-electron chi connectivity index (χ2n) is 4.76. The van der Waals surface area contributed by atoms with E-state index in [0.717, 1.165) is 7.11 Å². The summed E-state index contributed by atoms with van der Waals surface area (Å²) in [5, 5.41) is 0. The summed E-state index contributed by atoms with van der Waals surface area (Å²) in [5.74, 6) is -2.57. The molecule has 0 fully saturated rings. The number of esters is 2. The molecule has 0 saturated carbocycles. The van der Waals surface area contributed by atoms with Gasteiger partial charge in [-0.15, -0.1) is 0 Å². The van der Waals surface area contributed by atoms with Gasteiger partial charge in [0.1, 0.15) is 5.57 Å². The van der Waals surface area contributed by atoms with Crippen LogP contribution in [0.5, 0.6) is 0 Å². The molecule has 1 aliphatic carbocycles. The Bertz CT molecular complexity index is 758. The Balaban J connectivity index is 2.35. The number of carbonyl (C=O) groups excluding carboxylic acids is 3. The van der Waals surface area contributed by atoms with E-state index in [9.17, 15) is 14.4 Å². The molecule has 2 aliphatic rings. The van der Waals surface area contributed by atoms with Crippen LogP contribution in [0.1, 0.15) is 11.1 Å². The average Bonchev–Trinajstić information content (AvgIpc) is 2.84. The minimum absolute atomic E-state index is 0.232. The van der Waals surface area contributed by atoms with Crippen LogP contribution in [0, 0.1) is 0 Å². The predicted octanol–water partition coefficient (Wildman–Crippen LogP) is 1.11. The summed E-state index contributed by atoms with van der Waals surface area (Å²) in [6.45, 7) is 0. The summed E-state index contributed by atoms with van der Waals surface area (Å²) in [4.78, 5) is 36.8. The summed E-state index contributed by atoms with van der Waals surface area (Å²) < 4.78 is 15.0. The van der Waals surface area contributed by atoms with Crippen molar-refractivity contribution in [2.45, 2.75) is 5.60 Å². The van der Waals surface area contributed by atoms with Crippen LogP contribution >= 0.6 is 0 Å². The van der Waals surface area contributed by atoms with Crippen LogP contribution in [0.4, 0.5) is 0 Å². The van der Waals surface area contributed by atoms with Gasteiger partial charge >= 0.3 is 11.9 Å². The fraction of sp³-hybridized carbons (Fsp3) is 0.188. The molecule has 1 aromatic rings. The fourth-order valence-corrected chi connectivity index (χ4v) is 2.76. The van der Waals surface area contributed by atoms with E-state index in [0.29, 0.717) is 11.1 Å². The molecule has 6 nitrogen and oxygen atoms in total. The molecule has 1 aromatic carbocycles. The number of hydrogen-bond acceptors (Lipinski definition) is 6. The maximum Gasteiger partial charge on any atom is 0.376 e. The Hall–Kier alpha value is -2.89. The molecule has 0 bridgehead atoms. The minimum Gasteiger partial charge on any atom is -0.489 e. The predicted molar refractivity (Wildman–Crippen MR) is 74.3 cm³/mol. The number of fused-ring (bicyclic) bond motifs is 2. The molecule has 1 atom stereocenters. The van der Waals surface area contributed by atoms with Crippen molar-refractivity contribution in [3.05, 3.63) is 52.8 Å². The smallest absolute Gasteiger partial charge is 0.376 e. The van der Waals surface area contributed by atoms with Gasteiger partial charge in [0.25, 0.3) is 0 Å². The average molecular weight is 300 g/mol. The number of ether oxygens (including phenoxy) is 3. The van der Waals surface area contributed by atoms with Gasteiger partial charge in [-0.1, -0.05) is 30.3 Å². The lowest BCUT2D eigenvalue weighted by Crippen LogP contribution is -2.42. The second-order valence-corrected chi connectivity index (χ2v) is 4.76. The van der Waals surface area contributed by atoms with Crippen LogP contribution in [0.3, 0.4) is 0 Å². The molecule has 0 aromatic heterocycles. The van der Waals surface area contributed by atoms with Gasteiger partial charge in [0.05, 0.1) is 14.2 Å². The molecule has 22 heavy (non-hydrogen) atoms. The largest absolute Gasteiger partial charge is 0.489 e. The maximum atomic E-state index is 12.6. The molecule has 0 radical (unpaired) electrons. The quantitative estimate of drug-likeness (QED) is 0.761. The van der Waals surface area contributed by atoms with Gasteiger partial charge in [0, 0.05) is 5.56 Å². The molecule has 3 rings (SSSR count). The van der Waals surface area contributed by atoms with Crippen molar-refractivity contribution in [2.24, 2.45) is 0 Å². The highest BCUT2D eigenvalue weighted by Gasteiger charge is 2.59. The number of ketones is 1. The van der Waals surface area contributed by atoms with Crippen molar-refractivity contribution in [2.75, 3.05) is 14.2 Å². The summed E-state index contributed by atoms with van der Waals surface area (Å²) in [6.07, 6.45) is 2.88. The van der Waals surface area contributed by atoms with E-state index < -0.39 is 23.3 Å². The van der Waals surface area contributed by atoms with Crippen molar-refractivity contribution in [1.82, 2.24) is 0 Å². The van der Waals surface area contributed by atoms with E-state index >= 15 is 0 Å². The molecule has 6 heteroatoms. The molecule has 112 valence electrons. The maximum absolute atomic E-state index is 12.6. The zero-order chi connectivity index (χ0) is 15.9. The first-order valence-corrected chi connectivity index (χ1v) is 6.48. The van der Waals surface area contributed by atoms with Gasteiger partial charge in [-0.25, -0.2) is 9.59 Å². The van der Waals surface area contributed by atoms with Crippen LogP contribution < -0.4 is 0 Å². The van der Waals surface area contributed by atoms with E-state index in [1.807, 2.05) is 0 Å². The lowest BCUT2D eigenvalue weighted by Gasteiger charge is -2.30.